The quantitative estimate of drug-likeness (QED) is 0.366. The lowest BCUT2D eigenvalue weighted by molar-refractivity contribution is 0.417. The van der Waals surface area contributed by atoms with E-state index in [0.717, 1.165) is 0 Å². The molecule has 0 saturated carbocycles. The molecule has 0 bridgehead atoms. The Hall–Kier alpha value is -0.0151. The van der Waals surface area contributed by atoms with E-state index in [0.29, 0.717) is 0 Å². The molecule has 0 aliphatic carbocycles. The number of hydrogen-bond donors (Lipinski definition) is 2. The van der Waals surface area contributed by atoms with Crippen molar-refractivity contribution in [3.05, 3.63) is 0 Å². The molecule has 0 spiro atoms. The van der Waals surface area contributed by atoms with Crippen LogP contribution in [-0.2, 0) is 0 Å². The molecule has 4 heavy (non-hydrogen) atoms. The summed E-state index contributed by atoms with van der Waals surface area (Å²) >= 11 is 0. The smallest absolute Gasteiger partial charge is 0.427 e. The fourth-order valence-electron chi connectivity index (χ4n) is 0. The molecule has 0 aliphatic rings. The summed E-state index contributed by atoms with van der Waals surface area (Å²) in [6, 6.07) is 0. The molecule has 3 heteroatoms. The Morgan fingerprint density at radius 2 is 1.75 bits per heavy atom. The van der Waals surface area contributed by atoms with Crippen molar-refractivity contribution in [2.24, 2.45) is 0 Å². The van der Waals surface area contributed by atoms with Crippen molar-refractivity contribution in [3.63, 3.8) is 0 Å². The third kappa shape index (κ3) is 8480. The molecule has 0 unspecified atom stereocenters. The molecule has 0 saturated heterocycles. The van der Waals surface area contributed by atoms with Gasteiger partial charge in [-0.2, -0.15) is 0 Å². The molecule has 0 aromatic rings. The summed E-state index contributed by atoms with van der Waals surface area (Å²) < 4.78 is 0. The molecule has 0 aromatic heterocycles. The first-order valence-electron chi connectivity index (χ1n) is 1.09. The van der Waals surface area contributed by atoms with Crippen LogP contribution in [0.1, 0.15) is 1.43 Å². The molecule has 0 radical (unpaired) electrons. The van der Waals surface area contributed by atoms with Crippen LogP contribution in [0, 0.1) is 0 Å². The van der Waals surface area contributed by atoms with Gasteiger partial charge in [0.25, 0.3) is 0 Å². The maximum absolute atomic E-state index is 7.61. The third-order valence-corrected chi connectivity index (χ3v) is 0. The van der Waals surface area contributed by atoms with Crippen molar-refractivity contribution in [1.82, 2.24) is 0 Å². The van der Waals surface area contributed by atoms with Crippen molar-refractivity contribution >= 4 is 7.12 Å². The summed E-state index contributed by atoms with van der Waals surface area (Å²) in [5, 5.41) is 15.2. The van der Waals surface area contributed by atoms with E-state index in [9.17, 15) is 0 Å². The highest BCUT2D eigenvalue weighted by Gasteiger charge is 1.86. The van der Waals surface area contributed by atoms with Crippen molar-refractivity contribution in [2.75, 3.05) is 0 Å². The van der Waals surface area contributed by atoms with Crippen LogP contribution in [0.4, 0.5) is 0 Å². The molecule has 0 atom stereocenters. The molecular formula is CH7BO2. The van der Waals surface area contributed by atoms with Crippen molar-refractivity contribution in [3.8, 4) is 0 Å². The van der Waals surface area contributed by atoms with Gasteiger partial charge in [-0.1, -0.05) is 0 Å². The maximum Gasteiger partial charge on any atom is 0.448 e. The van der Waals surface area contributed by atoms with Crippen LogP contribution in [0.2, 0.25) is 6.82 Å². The minimum atomic E-state index is -1.17. The second-order valence-corrected chi connectivity index (χ2v) is 0.632. The lowest BCUT2D eigenvalue weighted by atomic mass is 9.99. The second-order valence-electron chi connectivity index (χ2n) is 0.632. The molecule has 2 N–H and O–H groups in total. The zero-order chi connectivity index (χ0) is 3.58. The zero-order valence-corrected chi connectivity index (χ0v) is 2.47. The Labute approximate surface area is 26.7 Å². The SMILES string of the molecule is CB(O)O.[2HH]. The average Bonchev–Trinajstić information content (AvgIpc) is 0.811. The van der Waals surface area contributed by atoms with Crippen LogP contribution in [-0.4, -0.2) is 17.2 Å². The normalized spacial score (nSPS) is 6.75. The second kappa shape index (κ2) is 1.32. The molecule has 0 rings (SSSR count). The van der Waals surface area contributed by atoms with Crippen molar-refractivity contribution in [1.29, 1.82) is 0 Å². The minimum absolute atomic E-state index is 0. The van der Waals surface area contributed by atoms with Gasteiger partial charge in [-0.05, 0) is 6.82 Å². The number of hydrogen-bond acceptors (Lipinski definition) is 2. The maximum atomic E-state index is 7.61. The predicted octanol–water partition coefficient (Wildman–Crippen LogP) is -0.665. The topological polar surface area (TPSA) is 40.5 Å². The van der Waals surface area contributed by atoms with Crippen LogP contribution < -0.4 is 0 Å². The van der Waals surface area contributed by atoms with E-state index < -0.39 is 7.12 Å². The largest absolute Gasteiger partial charge is 0.448 e. The van der Waals surface area contributed by atoms with Crippen LogP contribution >= 0.6 is 0 Å². The Kier molecular flexibility index (Phi) is 1.31. The van der Waals surface area contributed by atoms with Gasteiger partial charge in [0.2, 0.25) is 0 Å². The molecule has 0 amide bonds. The lowest BCUT2D eigenvalue weighted by Gasteiger charge is -1.71. The Morgan fingerprint density at radius 1 is 1.75 bits per heavy atom. The fourth-order valence-corrected chi connectivity index (χ4v) is 0. The number of rotatable bonds is 0. The zero-order valence-electron chi connectivity index (χ0n) is 2.47. The molecule has 26 valence electrons. The first-order chi connectivity index (χ1) is 1.73. The molecule has 0 heterocycles. The predicted molar refractivity (Wildman–Crippen MR) is 18.2 cm³/mol. The third-order valence-electron chi connectivity index (χ3n) is 0. The summed E-state index contributed by atoms with van der Waals surface area (Å²) in [5.41, 5.74) is 0. The van der Waals surface area contributed by atoms with Crippen LogP contribution in [0.25, 0.3) is 0 Å². The fraction of sp³-hybridized carbons (Fsp3) is 1.00. The van der Waals surface area contributed by atoms with Gasteiger partial charge in [0.15, 0.2) is 0 Å². The van der Waals surface area contributed by atoms with Crippen LogP contribution in [0.5, 0.6) is 0 Å². The summed E-state index contributed by atoms with van der Waals surface area (Å²) in [6.45, 7) is 1.28. The van der Waals surface area contributed by atoms with Gasteiger partial charge < -0.3 is 10.0 Å². The van der Waals surface area contributed by atoms with E-state index >= 15 is 0 Å². The minimum Gasteiger partial charge on any atom is -0.427 e. The van der Waals surface area contributed by atoms with E-state index in [1.807, 2.05) is 0 Å². The molecular weight excluding hydrogens is 54.8 g/mol. The van der Waals surface area contributed by atoms with Gasteiger partial charge in [-0.25, -0.2) is 0 Å². The summed E-state index contributed by atoms with van der Waals surface area (Å²) in [7, 11) is -1.17. The van der Waals surface area contributed by atoms with Gasteiger partial charge >= 0.3 is 7.12 Å². The van der Waals surface area contributed by atoms with E-state index in [2.05, 4.69) is 0 Å². The van der Waals surface area contributed by atoms with Gasteiger partial charge in [-0.3, -0.25) is 0 Å². The van der Waals surface area contributed by atoms with Crippen LogP contribution in [0.3, 0.4) is 0 Å². The van der Waals surface area contributed by atoms with Gasteiger partial charge in [0.1, 0.15) is 0 Å². The highest BCUT2D eigenvalue weighted by molar-refractivity contribution is 6.38. The summed E-state index contributed by atoms with van der Waals surface area (Å²) in [5.74, 6) is 0. The van der Waals surface area contributed by atoms with E-state index in [1.54, 1.807) is 0 Å². The molecule has 0 aliphatic heterocycles. The van der Waals surface area contributed by atoms with Crippen LogP contribution in [0.15, 0.2) is 0 Å². The Balaban J connectivity index is 0. The summed E-state index contributed by atoms with van der Waals surface area (Å²) in [4.78, 5) is 0. The molecule has 0 fully saturated rings. The Morgan fingerprint density at radius 3 is 1.75 bits per heavy atom. The standard InChI is InChI=1S/CH5BO2.H2/c1-2(3)4;/h3-4H,1H3;1H/i;1+1. The van der Waals surface area contributed by atoms with Gasteiger partial charge in [-0.15, -0.1) is 0 Å². The molecule has 2 nitrogen and oxygen atoms in total. The first-order valence-corrected chi connectivity index (χ1v) is 1.09. The van der Waals surface area contributed by atoms with E-state index in [1.165, 1.54) is 6.82 Å². The van der Waals surface area contributed by atoms with Gasteiger partial charge in [0, 0.05) is 1.43 Å². The first kappa shape index (κ1) is 3.98. The summed E-state index contributed by atoms with van der Waals surface area (Å²) in [6.07, 6.45) is 0. The monoisotopic (exact) mass is 63.1 g/mol. The van der Waals surface area contributed by atoms with Crippen molar-refractivity contribution in [2.45, 2.75) is 6.82 Å². The molecule has 0 aromatic carbocycles. The average molecular weight is 62.9 g/mol. The Bertz CT molecular complexity index is 14.4. The highest BCUT2D eigenvalue weighted by atomic mass is 16.4. The lowest BCUT2D eigenvalue weighted by Crippen LogP contribution is -2.00. The van der Waals surface area contributed by atoms with Crippen molar-refractivity contribution < 1.29 is 11.5 Å². The van der Waals surface area contributed by atoms with E-state index in [4.69, 9.17) is 10.0 Å². The van der Waals surface area contributed by atoms with E-state index in [-0.39, 0.29) is 1.43 Å². The highest BCUT2D eigenvalue weighted by Crippen LogP contribution is 1.51. The van der Waals surface area contributed by atoms with Gasteiger partial charge in [0.05, 0.1) is 0 Å².